The Labute approximate surface area is 122 Å². The summed E-state index contributed by atoms with van der Waals surface area (Å²) < 4.78 is 0. The predicted octanol–water partition coefficient (Wildman–Crippen LogP) is 3.00. The number of carbonyl (C=O) groups excluding carboxylic acids is 1. The molecule has 0 fully saturated rings. The van der Waals surface area contributed by atoms with Gasteiger partial charge in [0.15, 0.2) is 5.15 Å². The van der Waals surface area contributed by atoms with Crippen LogP contribution in [-0.2, 0) is 17.8 Å². The summed E-state index contributed by atoms with van der Waals surface area (Å²) in [6, 6.07) is 11.5. The molecule has 1 aliphatic rings. The van der Waals surface area contributed by atoms with Gasteiger partial charge in [0, 0.05) is 12.1 Å². The number of aromatic nitrogens is 2. The Morgan fingerprint density at radius 2 is 1.95 bits per heavy atom. The van der Waals surface area contributed by atoms with Crippen molar-refractivity contribution in [2.24, 2.45) is 0 Å². The molecule has 1 aromatic carbocycles. The van der Waals surface area contributed by atoms with Crippen molar-refractivity contribution in [1.29, 1.82) is 0 Å². The highest BCUT2D eigenvalue weighted by molar-refractivity contribution is 6.29. The summed E-state index contributed by atoms with van der Waals surface area (Å²) in [4.78, 5) is 14.1. The van der Waals surface area contributed by atoms with Crippen LogP contribution in [0.1, 0.15) is 24.1 Å². The fourth-order valence-electron chi connectivity index (χ4n) is 2.45. The Morgan fingerprint density at radius 1 is 1.10 bits per heavy atom. The highest BCUT2D eigenvalue weighted by Gasteiger charge is 2.22. The summed E-state index contributed by atoms with van der Waals surface area (Å²) in [5, 5.41) is 8.22. The van der Waals surface area contributed by atoms with E-state index in [0.29, 0.717) is 18.1 Å². The lowest BCUT2D eigenvalue weighted by Gasteiger charge is -2.22. The number of carbonyl (C=O) groups is 1. The lowest BCUT2D eigenvalue weighted by molar-refractivity contribution is -0.118. The van der Waals surface area contributed by atoms with Crippen molar-refractivity contribution in [3.8, 4) is 0 Å². The zero-order valence-corrected chi connectivity index (χ0v) is 11.7. The number of nitrogens with zero attached hydrogens (tertiary/aromatic N) is 3. The second-order valence-corrected chi connectivity index (χ2v) is 5.20. The molecular formula is C15H14ClN3O. The van der Waals surface area contributed by atoms with Gasteiger partial charge in [0.1, 0.15) is 0 Å². The topological polar surface area (TPSA) is 46.1 Å². The molecule has 1 aromatic heterocycles. The number of halogens is 1. The maximum atomic E-state index is 12.3. The van der Waals surface area contributed by atoms with Gasteiger partial charge in [0.05, 0.1) is 12.2 Å². The number of aryl methyl sites for hydroxylation is 1. The fourth-order valence-corrected chi connectivity index (χ4v) is 2.55. The number of anilines is 1. The Morgan fingerprint density at radius 3 is 2.75 bits per heavy atom. The predicted molar refractivity (Wildman–Crippen MR) is 77.6 cm³/mol. The maximum Gasteiger partial charge on any atom is 0.227 e. The molecule has 0 aliphatic carbocycles. The van der Waals surface area contributed by atoms with E-state index in [4.69, 9.17) is 11.6 Å². The molecule has 0 bridgehead atoms. The summed E-state index contributed by atoms with van der Waals surface area (Å²) in [7, 11) is 0. The molecule has 3 rings (SSSR count). The Hall–Kier alpha value is -1.94. The molecule has 0 spiro atoms. The summed E-state index contributed by atoms with van der Waals surface area (Å²) in [6.07, 6.45) is 2.39. The number of hydrogen-bond donors (Lipinski definition) is 0. The minimum atomic E-state index is 0.131. The highest BCUT2D eigenvalue weighted by atomic mass is 35.5. The minimum Gasteiger partial charge on any atom is -0.306 e. The normalized spacial score (nSPS) is 14.8. The third-order valence-electron chi connectivity index (χ3n) is 3.43. The number of para-hydroxylation sites is 1. The Bertz CT molecular complexity index is 627. The molecule has 0 saturated heterocycles. The molecule has 20 heavy (non-hydrogen) atoms. The van der Waals surface area contributed by atoms with Crippen molar-refractivity contribution >= 4 is 23.2 Å². The van der Waals surface area contributed by atoms with Crippen LogP contribution in [-0.4, -0.2) is 16.1 Å². The Kier molecular flexibility index (Phi) is 3.65. The van der Waals surface area contributed by atoms with Crippen molar-refractivity contribution in [3.63, 3.8) is 0 Å². The van der Waals surface area contributed by atoms with Gasteiger partial charge in [-0.05, 0) is 36.6 Å². The number of rotatable bonds is 2. The van der Waals surface area contributed by atoms with E-state index in [1.165, 1.54) is 5.56 Å². The van der Waals surface area contributed by atoms with Gasteiger partial charge >= 0.3 is 0 Å². The molecule has 0 unspecified atom stereocenters. The molecule has 0 N–H and O–H groups in total. The van der Waals surface area contributed by atoms with Crippen LogP contribution in [0.2, 0.25) is 5.15 Å². The summed E-state index contributed by atoms with van der Waals surface area (Å²) in [5.74, 6) is 0.131. The first-order valence-electron chi connectivity index (χ1n) is 6.60. The van der Waals surface area contributed by atoms with E-state index in [-0.39, 0.29) is 5.91 Å². The van der Waals surface area contributed by atoms with E-state index >= 15 is 0 Å². The van der Waals surface area contributed by atoms with E-state index in [0.717, 1.165) is 24.2 Å². The van der Waals surface area contributed by atoms with E-state index in [1.54, 1.807) is 17.0 Å². The number of hydrogen-bond acceptors (Lipinski definition) is 3. The third kappa shape index (κ3) is 2.65. The quantitative estimate of drug-likeness (QED) is 0.853. The van der Waals surface area contributed by atoms with Gasteiger partial charge in [-0.15, -0.1) is 5.10 Å². The lowest BCUT2D eigenvalue weighted by atomic mass is 10.1. The Balaban J connectivity index is 1.94. The largest absolute Gasteiger partial charge is 0.306 e. The SMILES string of the molecule is O=C1CCCc2ccccc2N1Cc1ccc(Cl)nn1. The fraction of sp³-hybridized carbons (Fsp3) is 0.267. The summed E-state index contributed by atoms with van der Waals surface area (Å²) >= 11 is 5.74. The van der Waals surface area contributed by atoms with Crippen LogP contribution in [0.5, 0.6) is 0 Å². The first kappa shape index (κ1) is 13.1. The molecule has 0 atom stereocenters. The average molecular weight is 288 g/mol. The van der Waals surface area contributed by atoms with Gasteiger partial charge in [-0.2, -0.15) is 5.10 Å². The van der Waals surface area contributed by atoms with Crippen molar-refractivity contribution in [1.82, 2.24) is 10.2 Å². The third-order valence-corrected chi connectivity index (χ3v) is 3.63. The molecule has 102 valence electrons. The van der Waals surface area contributed by atoms with Gasteiger partial charge < -0.3 is 4.90 Å². The van der Waals surface area contributed by atoms with Crippen molar-refractivity contribution < 1.29 is 4.79 Å². The second kappa shape index (κ2) is 5.59. The maximum absolute atomic E-state index is 12.3. The molecule has 0 radical (unpaired) electrons. The molecule has 5 heteroatoms. The average Bonchev–Trinajstić information content (AvgIpc) is 2.62. The zero-order valence-electron chi connectivity index (χ0n) is 10.9. The van der Waals surface area contributed by atoms with Crippen molar-refractivity contribution in [2.45, 2.75) is 25.8 Å². The van der Waals surface area contributed by atoms with Crippen molar-refractivity contribution in [3.05, 3.63) is 52.8 Å². The molecular weight excluding hydrogens is 274 g/mol. The monoisotopic (exact) mass is 287 g/mol. The van der Waals surface area contributed by atoms with Gasteiger partial charge in [-0.3, -0.25) is 4.79 Å². The number of amides is 1. The second-order valence-electron chi connectivity index (χ2n) is 4.81. The van der Waals surface area contributed by atoms with Gasteiger partial charge in [0.25, 0.3) is 0 Å². The number of benzene rings is 1. The lowest BCUT2D eigenvalue weighted by Crippen LogP contribution is -2.30. The molecule has 1 aliphatic heterocycles. The van der Waals surface area contributed by atoms with Crippen LogP contribution in [0.3, 0.4) is 0 Å². The smallest absolute Gasteiger partial charge is 0.227 e. The summed E-state index contributed by atoms with van der Waals surface area (Å²) in [6.45, 7) is 0.431. The molecule has 4 nitrogen and oxygen atoms in total. The minimum absolute atomic E-state index is 0.131. The van der Waals surface area contributed by atoms with Gasteiger partial charge in [-0.1, -0.05) is 29.8 Å². The molecule has 2 heterocycles. The first-order chi connectivity index (χ1) is 9.74. The molecule has 0 saturated carbocycles. The first-order valence-corrected chi connectivity index (χ1v) is 6.98. The van der Waals surface area contributed by atoms with Crippen LogP contribution in [0.25, 0.3) is 0 Å². The summed E-state index contributed by atoms with van der Waals surface area (Å²) in [5.41, 5.74) is 2.92. The van der Waals surface area contributed by atoms with Crippen LogP contribution >= 0.6 is 11.6 Å². The van der Waals surface area contributed by atoms with E-state index in [1.807, 2.05) is 18.2 Å². The molecule has 1 amide bonds. The van der Waals surface area contributed by atoms with Crippen LogP contribution in [0.15, 0.2) is 36.4 Å². The van der Waals surface area contributed by atoms with Gasteiger partial charge in [-0.25, -0.2) is 0 Å². The van der Waals surface area contributed by atoms with Crippen LogP contribution in [0, 0.1) is 0 Å². The van der Waals surface area contributed by atoms with E-state index in [9.17, 15) is 4.79 Å². The van der Waals surface area contributed by atoms with Crippen LogP contribution in [0.4, 0.5) is 5.69 Å². The highest BCUT2D eigenvalue weighted by Crippen LogP contribution is 2.27. The zero-order chi connectivity index (χ0) is 13.9. The number of fused-ring (bicyclic) bond motifs is 1. The van der Waals surface area contributed by atoms with Gasteiger partial charge in [0.2, 0.25) is 5.91 Å². The standard InChI is InChI=1S/C15H14ClN3O/c16-14-9-8-12(17-18-14)10-19-13-6-2-1-4-11(13)5-3-7-15(19)20/h1-2,4,6,8-9H,3,5,7,10H2. The van der Waals surface area contributed by atoms with Crippen molar-refractivity contribution in [2.75, 3.05) is 4.90 Å². The molecule has 2 aromatic rings. The van der Waals surface area contributed by atoms with Crippen LogP contribution < -0.4 is 4.90 Å². The van der Waals surface area contributed by atoms with E-state index < -0.39 is 0 Å². The van der Waals surface area contributed by atoms with E-state index in [2.05, 4.69) is 16.3 Å².